The molecule has 0 saturated carbocycles. The van der Waals surface area contributed by atoms with Gasteiger partial charge in [0.1, 0.15) is 11.8 Å². The molecule has 0 radical (unpaired) electrons. The minimum absolute atomic E-state index is 0.121. The van der Waals surface area contributed by atoms with Crippen molar-refractivity contribution in [3.05, 3.63) is 29.8 Å². The Morgan fingerprint density at radius 2 is 2.00 bits per heavy atom. The van der Waals surface area contributed by atoms with Crippen LogP contribution in [0.5, 0.6) is 5.75 Å². The maximum absolute atomic E-state index is 12.3. The monoisotopic (exact) mass is 305 g/mol. The van der Waals surface area contributed by atoms with E-state index in [4.69, 9.17) is 4.74 Å². The van der Waals surface area contributed by atoms with Crippen molar-refractivity contribution in [2.24, 2.45) is 5.92 Å². The summed E-state index contributed by atoms with van der Waals surface area (Å²) in [6.07, 6.45) is 2.29. The first-order chi connectivity index (χ1) is 10.5. The molecule has 1 amide bonds. The Balaban J connectivity index is 1.93. The molecular formula is C17H23NO4. The van der Waals surface area contributed by atoms with Gasteiger partial charge in [0, 0.05) is 6.54 Å². The summed E-state index contributed by atoms with van der Waals surface area (Å²) in [5.74, 6) is -0.249. The van der Waals surface area contributed by atoms with Gasteiger partial charge in [-0.25, -0.2) is 4.79 Å². The van der Waals surface area contributed by atoms with Crippen LogP contribution in [0.3, 0.4) is 0 Å². The number of hydrogen-bond acceptors (Lipinski definition) is 3. The van der Waals surface area contributed by atoms with Gasteiger partial charge in [-0.3, -0.25) is 4.79 Å². The summed E-state index contributed by atoms with van der Waals surface area (Å²) in [6.45, 7) is 4.45. The number of hydrogen-bond donors (Lipinski definition) is 1. The highest BCUT2D eigenvalue weighted by molar-refractivity contribution is 5.84. The van der Waals surface area contributed by atoms with Gasteiger partial charge in [-0.1, -0.05) is 26.0 Å². The molecule has 0 aliphatic carbocycles. The van der Waals surface area contributed by atoms with Crippen molar-refractivity contribution in [2.45, 2.75) is 39.2 Å². The Bertz CT molecular complexity index is 526. The standard InChI is InChI=1S/C17H23NO4/c1-3-13-4-6-14(7-5-13)22-11-16(19)18-9-8-12(2)10-15(18)17(20)21/h4-7,12,15H,3,8-11H2,1-2H3,(H,20,21). The Morgan fingerprint density at radius 1 is 1.32 bits per heavy atom. The summed E-state index contributed by atoms with van der Waals surface area (Å²) in [5.41, 5.74) is 1.20. The lowest BCUT2D eigenvalue weighted by Gasteiger charge is -2.35. The summed E-state index contributed by atoms with van der Waals surface area (Å²) in [5, 5.41) is 9.28. The fourth-order valence-corrected chi connectivity index (χ4v) is 2.72. The predicted molar refractivity (Wildman–Crippen MR) is 82.8 cm³/mol. The Labute approximate surface area is 130 Å². The number of piperidine rings is 1. The molecule has 2 rings (SSSR count). The normalized spacial score (nSPS) is 21.5. The zero-order valence-electron chi connectivity index (χ0n) is 13.1. The number of aliphatic carboxylic acids is 1. The molecule has 2 unspecified atom stereocenters. The van der Waals surface area contributed by atoms with Gasteiger partial charge in [-0.15, -0.1) is 0 Å². The van der Waals surface area contributed by atoms with Crippen LogP contribution in [0.15, 0.2) is 24.3 Å². The highest BCUT2D eigenvalue weighted by atomic mass is 16.5. The van der Waals surface area contributed by atoms with Crippen LogP contribution in [0, 0.1) is 5.92 Å². The number of carboxylic acid groups (broad SMARTS) is 1. The molecule has 5 nitrogen and oxygen atoms in total. The van der Waals surface area contributed by atoms with Gasteiger partial charge in [0.15, 0.2) is 6.61 Å². The number of carboxylic acids is 1. The zero-order valence-corrected chi connectivity index (χ0v) is 13.1. The molecule has 2 atom stereocenters. The van der Waals surface area contributed by atoms with E-state index < -0.39 is 12.0 Å². The molecule has 1 N–H and O–H groups in total. The van der Waals surface area contributed by atoms with Gasteiger partial charge < -0.3 is 14.7 Å². The molecule has 120 valence electrons. The lowest BCUT2D eigenvalue weighted by atomic mass is 9.92. The largest absolute Gasteiger partial charge is 0.484 e. The van der Waals surface area contributed by atoms with Gasteiger partial charge in [0.2, 0.25) is 0 Å². The van der Waals surface area contributed by atoms with Gasteiger partial charge in [0.05, 0.1) is 0 Å². The molecule has 0 aromatic heterocycles. The van der Waals surface area contributed by atoms with Crippen LogP contribution < -0.4 is 4.74 Å². The highest BCUT2D eigenvalue weighted by Gasteiger charge is 2.34. The number of likely N-dealkylation sites (tertiary alicyclic amines) is 1. The molecule has 0 spiro atoms. The average Bonchev–Trinajstić information content (AvgIpc) is 2.53. The van der Waals surface area contributed by atoms with Crippen LogP contribution in [-0.2, 0) is 16.0 Å². The van der Waals surface area contributed by atoms with E-state index in [2.05, 4.69) is 6.92 Å². The third-order valence-corrected chi connectivity index (χ3v) is 4.16. The van der Waals surface area contributed by atoms with Crippen LogP contribution >= 0.6 is 0 Å². The first-order valence-electron chi connectivity index (χ1n) is 7.75. The first kappa shape index (κ1) is 16.3. The predicted octanol–water partition coefficient (Wildman–Crippen LogP) is 2.34. The van der Waals surface area contributed by atoms with E-state index in [1.54, 1.807) is 0 Å². The molecular weight excluding hydrogens is 282 g/mol. The number of benzene rings is 1. The molecule has 1 aliphatic rings. The zero-order chi connectivity index (χ0) is 16.1. The van der Waals surface area contributed by atoms with Gasteiger partial charge >= 0.3 is 5.97 Å². The fourth-order valence-electron chi connectivity index (χ4n) is 2.72. The molecule has 22 heavy (non-hydrogen) atoms. The summed E-state index contributed by atoms with van der Waals surface area (Å²) >= 11 is 0. The van der Waals surface area contributed by atoms with Crippen LogP contribution in [0.2, 0.25) is 0 Å². The molecule has 0 bridgehead atoms. The number of carbonyl (C=O) groups is 2. The molecule has 5 heteroatoms. The average molecular weight is 305 g/mol. The molecule has 1 saturated heterocycles. The maximum atomic E-state index is 12.3. The molecule has 1 aromatic rings. The maximum Gasteiger partial charge on any atom is 0.326 e. The number of aryl methyl sites for hydroxylation is 1. The second-order valence-electron chi connectivity index (χ2n) is 5.86. The van der Waals surface area contributed by atoms with E-state index >= 15 is 0 Å². The van der Waals surface area contributed by atoms with Crippen LogP contribution in [0.25, 0.3) is 0 Å². The Hall–Kier alpha value is -2.04. The number of rotatable bonds is 5. The van der Waals surface area contributed by atoms with Crippen LogP contribution in [0.1, 0.15) is 32.3 Å². The molecule has 1 heterocycles. The van der Waals surface area contributed by atoms with E-state index in [1.165, 1.54) is 10.5 Å². The lowest BCUT2D eigenvalue weighted by Crippen LogP contribution is -2.51. The van der Waals surface area contributed by atoms with E-state index in [0.29, 0.717) is 24.6 Å². The van der Waals surface area contributed by atoms with E-state index in [1.807, 2.05) is 31.2 Å². The van der Waals surface area contributed by atoms with Crippen LogP contribution in [0.4, 0.5) is 0 Å². The SMILES string of the molecule is CCc1ccc(OCC(=O)N2CCC(C)CC2C(=O)O)cc1. The number of carbonyl (C=O) groups excluding carboxylic acids is 1. The van der Waals surface area contributed by atoms with E-state index in [9.17, 15) is 14.7 Å². The Kier molecular flexibility index (Phi) is 5.41. The van der Waals surface area contributed by atoms with Crippen molar-refractivity contribution in [1.29, 1.82) is 0 Å². The Morgan fingerprint density at radius 3 is 2.59 bits per heavy atom. The topological polar surface area (TPSA) is 66.8 Å². The van der Waals surface area contributed by atoms with Crippen molar-refractivity contribution in [1.82, 2.24) is 4.90 Å². The van der Waals surface area contributed by atoms with Crippen molar-refractivity contribution in [3.63, 3.8) is 0 Å². The summed E-state index contributed by atoms with van der Waals surface area (Å²) < 4.78 is 5.49. The van der Waals surface area contributed by atoms with Crippen LogP contribution in [-0.4, -0.2) is 41.1 Å². The summed E-state index contributed by atoms with van der Waals surface area (Å²) in [7, 11) is 0. The minimum atomic E-state index is -0.938. The fraction of sp³-hybridized carbons (Fsp3) is 0.529. The van der Waals surface area contributed by atoms with Crippen molar-refractivity contribution in [3.8, 4) is 5.75 Å². The van der Waals surface area contributed by atoms with Crippen molar-refractivity contribution < 1.29 is 19.4 Å². The van der Waals surface area contributed by atoms with E-state index in [0.717, 1.165) is 12.8 Å². The summed E-state index contributed by atoms with van der Waals surface area (Å²) in [6, 6.07) is 6.85. The van der Waals surface area contributed by atoms with Gasteiger partial charge in [0.25, 0.3) is 5.91 Å². The molecule has 1 fully saturated rings. The third kappa shape index (κ3) is 4.00. The second-order valence-corrected chi connectivity index (χ2v) is 5.86. The molecule has 1 aliphatic heterocycles. The van der Waals surface area contributed by atoms with E-state index in [-0.39, 0.29) is 12.5 Å². The smallest absolute Gasteiger partial charge is 0.326 e. The minimum Gasteiger partial charge on any atom is -0.484 e. The van der Waals surface area contributed by atoms with Crippen molar-refractivity contribution >= 4 is 11.9 Å². The lowest BCUT2D eigenvalue weighted by molar-refractivity contribution is -0.153. The summed E-state index contributed by atoms with van der Waals surface area (Å²) in [4.78, 5) is 25.0. The van der Waals surface area contributed by atoms with Crippen molar-refractivity contribution in [2.75, 3.05) is 13.2 Å². The number of nitrogens with zero attached hydrogens (tertiary/aromatic N) is 1. The quantitative estimate of drug-likeness (QED) is 0.906. The third-order valence-electron chi connectivity index (χ3n) is 4.16. The van der Waals surface area contributed by atoms with Gasteiger partial charge in [-0.2, -0.15) is 0 Å². The molecule has 1 aromatic carbocycles. The first-order valence-corrected chi connectivity index (χ1v) is 7.75. The second kappa shape index (κ2) is 7.29. The highest BCUT2D eigenvalue weighted by Crippen LogP contribution is 2.23. The van der Waals surface area contributed by atoms with Gasteiger partial charge in [-0.05, 0) is 42.9 Å². The number of ether oxygens (including phenoxy) is 1. The number of amides is 1.